The maximum atomic E-state index is 11.6. The molecule has 0 aliphatic rings. The van der Waals surface area contributed by atoms with Crippen molar-refractivity contribution in [3.8, 4) is 0 Å². The van der Waals surface area contributed by atoms with Crippen LogP contribution in [0.2, 0.25) is 0 Å². The van der Waals surface area contributed by atoms with E-state index in [9.17, 15) is 4.79 Å². The minimum atomic E-state index is 0.0428. The summed E-state index contributed by atoms with van der Waals surface area (Å²) in [5.74, 6) is 0.0428. The fourth-order valence-corrected chi connectivity index (χ4v) is 2.01. The predicted octanol–water partition coefficient (Wildman–Crippen LogP) is 1.29. The van der Waals surface area contributed by atoms with E-state index >= 15 is 0 Å². The predicted molar refractivity (Wildman–Crippen MR) is 74.8 cm³/mol. The standard InChI is InChI=1S/C14H20N4O/c1-11(2)15-14(19)10-17(3)8-12-9-18-7-5-4-6-13(18)16-12/h4-7,9,11H,8,10H2,1-3H3,(H,15,19). The van der Waals surface area contributed by atoms with Crippen molar-refractivity contribution in [3.05, 3.63) is 36.3 Å². The molecule has 0 saturated carbocycles. The van der Waals surface area contributed by atoms with Crippen LogP contribution in [-0.2, 0) is 11.3 Å². The monoisotopic (exact) mass is 260 g/mol. The number of hydrogen-bond acceptors (Lipinski definition) is 3. The molecule has 2 aromatic rings. The van der Waals surface area contributed by atoms with E-state index in [2.05, 4.69) is 10.3 Å². The van der Waals surface area contributed by atoms with Crippen molar-refractivity contribution in [1.29, 1.82) is 0 Å². The first-order valence-corrected chi connectivity index (χ1v) is 6.45. The molecule has 19 heavy (non-hydrogen) atoms. The van der Waals surface area contributed by atoms with Crippen molar-refractivity contribution in [3.63, 3.8) is 0 Å². The van der Waals surface area contributed by atoms with Gasteiger partial charge in [0.25, 0.3) is 0 Å². The van der Waals surface area contributed by atoms with E-state index in [1.807, 2.05) is 60.8 Å². The third kappa shape index (κ3) is 3.79. The third-order valence-corrected chi connectivity index (χ3v) is 2.71. The number of pyridine rings is 1. The quantitative estimate of drug-likeness (QED) is 0.881. The number of hydrogen-bond donors (Lipinski definition) is 1. The molecule has 102 valence electrons. The van der Waals surface area contributed by atoms with Crippen LogP contribution in [0.4, 0.5) is 0 Å². The summed E-state index contributed by atoms with van der Waals surface area (Å²) >= 11 is 0. The second-order valence-corrected chi connectivity index (χ2v) is 5.09. The van der Waals surface area contributed by atoms with E-state index in [4.69, 9.17) is 0 Å². The van der Waals surface area contributed by atoms with Gasteiger partial charge in [0.2, 0.25) is 5.91 Å². The van der Waals surface area contributed by atoms with Crippen LogP contribution in [0.15, 0.2) is 30.6 Å². The molecule has 2 rings (SSSR count). The lowest BCUT2D eigenvalue weighted by atomic mass is 10.3. The number of nitrogens with zero attached hydrogens (tertiary/aromatic N) is 3. The second-order valence-electron chi connectivity index (χ2n) is 5.09. The molecule has 0 atom stereocenters. The molecule has 0 fully saturated rings. The molecule has 2 aromatic heterocycles. The van der Waals surface area contributed by atoms with Gasteiger partial charge in [-0.1, -0.05) is 6.07 Å². The van der Waals surface area contributed by atoms with Crippen molar-refractivity contribution >= 4 is 11.6 Å². The van der Waals surface area contributed by atoms with Gasteiger partial charge < -0.3 is 9.72 Å². The molecule has 0 unspecified atom stereocenters. The average Bonchev–Trinajstić information content (AvgIpc) is 2.68. The molecule has 0 aromatic carbocycles. The minimum Gasteiger partial charge on any atom is -0.353 e. The Kier molecular flexibility index (Phi) is 4.16. The van der Waals surface area contributed by atoms with Gasteiger partial charge in [0.05, 0.1) is 12.2 Å². The zero-order valence-corrected chi connectivity index (χ0v) is 11.6. The fraction of sp³-hybridized carbons (Fsp3) is 0.429. The van der Waals surface area contributed by atoms with Crippen molar-refractivity contribution < 1.29 is 4.79 Å². The van der Waals surface area contributed by atoms with E-state index < -0.39 is 0 Å². The van der Waals surface area contributed by atoms with Gasteiger partial charge in [-0.15, -0.1) is 0 Å². The van der Waals surface area contributed by atoms with Gasteiger partial charge in [0, 0.05) is 25.0 Å². The Bertz CT molecular complexity index is 528. The highest BCUT2D eigenvalue weighted by Gasteiger charge is 2.09. The smallest absolute Gasteiger partial charge is 0.234 e. The fourth-order valence-electron chi connectivity index (χ4n) is 2.01. The zero-order chi connectivity index (χ0) is 13.8. The SMILES string of the molecule is CC(C)NC(=O)CN(C)Cc1cn2ccccc2n1. The molecular weight excluding hydrogens is 240 g/mol. The number of rotatable bonds is 5. The molecule has 0 radical (unpaired) electrons. The number of amides is 1. The lowest BCUT2D eigenvalue weighted by Gasteiger charge is -2.16. The minimum absolute atomic E-state index is 0.0428. The molecule has 1 amide bonds. The summed E-state index contributed by atoms with van der Waals surface area (Å²) in [6, 6.07) is 6.08. The summed E-state index contributed by atoms with van der Waals surface area (Å²) in [5.41, 5.74) is 1.89. The Balaban J connectivity index is 1.94. The summed E-state index contributed by atoms with van der Waals surface area (Å²) in [6.45, 7) is 4.96. The van der Waals surface area contributed by atoms with Crippen LogP contribution in [0.25, 0.3) is 5.65 Å². The van der Waals surface area contributed by atoms with Crippen LogP contribution < -0.4 is 5.32 Å². The van der Waals surface area contributed by atoms with Gasteiger partial charge in [-0.25, -0.2) is 4.98 Å². The molecule has 0 bridgehead atoms. The van der Waals surface area contributed by atoms with E-state index in [-0.39, 0.29) is 11.9 Å². The number of likely N-dealkylation sites (N-methyl/N-ethyl adjacent to an activating group) is 1. The Morgan fingerprint density at radius 3 is 2.95 bits per heavy atom. The summed E-state index contributed by atoms with van der Waals surface area (Å²) in [5, 5.41) is 2.88. The van der Waals surface area contributed by atoms with Crippen molar-refractivity contribution in [2.24, 2.45) is 0 Å². The molecule has 5 heteroatoms. The maximum absolute atomic E-state index is 11.6. The first kappa shape index (κ1) is 13.5. The number of imidazole rings is 1. The molecule has 2 heterocycles. The average molecular weight is 260 g/mol. The van der Waals surface area contributed by atoms with Gasteiger partial charge in [0.15, 0.2) is 0 Å². The summed E-state index contributed by atoms with van der Waals surface area (Å²) in [7, 11) is 1.92. The van der Waals surface area contributed by atoms with Crippen LogP contribution in [0.1, 0.15) is 19.5 Å². The summed E-state index contributed by atoms with van der Waals surface area (Å²) in [4.78, 5) is 18.1. The molecule has 0 spiro atoms. The highest BCUT2D eigenvalue weighted by Crippen LogP contribution is 2.06. The number of carbonyl (C=O) groups is 1. The van der Waals surface area contributed by atoms with Crippen molar-refractivity contribution in [2.75, 3.05) is 13.6 Å². The van der Waals surface area contributed by atoms with Crippen LogP contribution in [0.3, 0.4) is 0 Å². The number of nitrogens with one attached hydrogen (secondary N) is 1. The topological polar surface area (TPSA) is 49.6 Å². The van der Waals surface area contributed by atoms with Crippen LogP contribution >= 0.6 is 0 Å². The van der Waals surface area contributed by atoms with E-state index in [0.29, 0.717) is 13.1 Å². The molecule has 1 N–H and O–H groups in total. The Morgan fingerprint density at radius 2 is 2.26 bits per heavy atom. The zero-order valence-electron chi connectivity index (χ0n) is 11.6. The summed E-state index contributed by atoms with van der Waals surface area (Å²) < 4.78 is 1.98. The Hall–Kier alpha value is -1.88. The second kappa shape index (κ2) is 5.84. The van der Waals surface area contributed by atoms with Crippen molar-refractivity contribution in [1.82, 2.24) is 19.6 Å². The Morgan fingerprint density at radius 1 is 1.47 bits per heavy atom. The molecule has 5 nitrogen and oxygen atoms in total. The number of fused-ring (bicyclic) bond motifs is 1. The summed E-state index contributed by atoms with van der Waals surface area (Å²) in [6.07, 6.45) is 3.96. The van der Waals surface area contributed by atoms with Gasteiger partial charge in [-0.3, -0.25) is 9.69 Å². The van der Waals surface area contributed by atoms with Gasteiger partial charge >= 0.3 is 0 Å². The van der Waals surface area contributed by atoms with E-state index in [0.717, 1.165) is 11.3 Å². The maximum Gasteiger partial charge on any atom is 0.234 e. The van der Waals surface area contributed by atoms with Gasteiger partial charge in [0.1, 0.15) is 5.65 Å². The van der Waals surface area contributed by atoms with Crippen LogP contribution in [0, 0.1) is 0 Å². The van der Waals surface area contributed by atoms with E-state index in [1.165, 1.54) is 0 Å². The molecule has 0 saturated heterocycles. The normalized spacial score (nSPS) is 11.4. The number of carbonyl (C=O) groups excluding carboxylic acids is 1. The molecule has 0 aliphatic heterocycles. The lowest BCUT2D eigenvalue weighted by Crippen LogP contribution is -2.38. The first-order valence-electron chi connectivity index (χ1n) is 6.45. The largest absolute Gasteiger partial charge is 0.353 e. The Labute approximate surface area is 113 Å². The van der Waals surface area contributed by atoms with Crippen molar-refractivity contribution in [2.45, 2.75) is 26.4 Å². The highest BCUT2D eigenvalue weighted by molar-refractivity contribution is 5.78. The lowest BCUT2D eigenvalue weighted by molar-refractivity contribution is -0.122. The third-order valence-electron chi connectivity index (χ3n) is 2.71. The highest BCUT2D eigenvalue weighted by atomic mass is 16.2. The first-order chi connectivity index (χ1) is 9.04. The van der Waals surface area contributed by atoms with E-state index in [1.54, 1.807) is 0 Å². The van der Waals surface area contributed by atoms with Crippen LogP contribution in [-0.4, -0.2) is 39.8 Å². The molecule has 0 aliphatic carbocycles. The van der Waals surface area contributed by atoms with Crippen LogP contribution in [0.5, 0.6) is 0 Å². The number of aromatic nitrogens is 2. The van der Waals surface area contributed by atoms with Gasteiger partial charge in [-0.05, 0) is 33.0 Å². The molecular formula is C14H20N4O. The van der Waals surface area contributed by atoms with Gasteiger partial charge in [-0.2, -0.15) is 0 Å².